The Morgan fingerprint density at radius 1 is 1.18 bits per heavy atom. The Kier molecular flexibility index (Phi) is 5.08. The topological polar surface area (TPSA) is 64.6 Å². The molecule has 0 unspecified atom stereocenters. The van der Waals surface area contributed by atoms with Gasteiger partial charge >= 0.3 is 5.97 Å². The molecule has 0 aliphatic rings. The maximum absolute atomic E-state index is 11.8. The van der Waals surface area contributed by atoms with Crippen molar-refractivity contribution in [3.8, 4) is 11.3 Å². The third-order valence-corrected chi connectivity index (χ3v) is 3.00. The highest BCUT2D eigenvalue weighted by molar-refractivity contribution is 5.91. The summed E-state index contributed by atoms with van der Waals surface area (Å²) in [5.41, 5.74) is 1.93. The molecule has 1 aromatic carbocycles. The summed E-state index contributed by atoms with van der Waals surface area (Å²) in [6.45, 7) is 0. The normalized spacial score (nSPS) is 11.0. The number of anilines is 1. The molecule has 0 fully saturated rings. The van der Waals surface area contributed by atoms with E-state index < -0.39 is 5.97 Å². The van der Waals surface area contributed by atoms with Crippen molar-refractivity contribution in [2.45, 2.75) is 0 Å². The monoisotopic (exact) mass is 299 g/mol. The Morgan fingerprint density at radius 2 is 1.91 bits per heavy atom. The molecule has 6 heteroatoms. The molecule has 1 aromatic heterocycles. The molecule has 0 atom stereocenters. The maximum atomic E-state index is 11.8. The second-order valence-electron chi connectivity index (χ2n) is 4.40. The highest BCUT2D eigenvalue weighted by Crippen LogP contribution is 2.20. The molecule has 2 rings (SSSR count). The molecule has 1 heterocycles. The first-order chi connectivity index (χ1) is 10.7. The van der Waals surface area contributed by atoms with Gasteiger partial charge in [-0.2, -0.15) is 0 Å². The second-order valence-corrected chi connectivity index (χ2v) is 4.40. The van der Waals surface area contributed by atoms with Crippen LogP contribution in [0.25, 0.3) is 11.3 Å². The molecule has 22 heavy (non-hydrogen) atoms. The number of hydrogen-bond donors (Lipinski definition) is 0. The van der Waals surface area contributed by atoms with E-state index in [1.54, 1.807) is 13.2 Å². The largest absolute Gasteiger partial charge is 0.502 e. The number of methoxy groups -OCH3 is 2. The van der Waals surface area contributed by atoms with Crippen molar-refractivity contribution >= 4 is 11.9 Å². The van der Waals surface area contributed by atoms with E-state index in [1.165, 1.54) is 25.4 Å². The Morgan fingerprint density at radius 3 is 2.55 bits per heavy atom. The first-order valence-corrected chi connectivity index (χ1v) is 6.61. The Labute approximate surface area is 129 Å². The maximum Gasteiger partial charge on any atom is 0.357 e. The molecule has 0 radical (unpaired) electrons. The van der Waals surface area contributed by atoms with Gasteiger partial charge in [-0.25, -0.2) is 14.8 Å². The lowest BCUT2D eigenvalue weighted by atomic mass is 10.1. The number of rotatable bonds is 5. The fraction of sp³-hybridized carbons (Fsp3) is 0.188. The highest BCUT2D eigenvalue weighted by atomic mass is 16.5. The molecule has 0 bridgehead atoms. The number of nitrogens with zero attached hydrogens (tertiary/aromatic N) is 3. The molecule has 114 valence electrons. The average Bonchev–Trinajstić information content (AvgIpc) is 2.59. The van der Waals surface area contributed by atoms with Crippen LogP contribution in [0.3, 0.4) is 0 Å². The van der Waals surface area contributed by atoms with Crippen LogP contribution in [-0.4, -0.2) is 37.2 Å². The van der Waals surface area contributed by atoms with Crippen LogP contribution in [0, 0.1) is 0 Å². The van der Waals surface area contributed by atoms with Gasteiger partial charge in [0.2, 0.25) is 5.95 Å². The van der Waals surface area contributed by atoms with E-state index in [-0.39, 0.29) is 5.70 Å². The molecule has 2 aromatic rings. The molecule has 0 spiro atoms. The number of esters is 1. The lowest BCUT2D eigenvalue weighted by Crippen LogP contribution is -2.26. The van der Waals surface area contributed by atoms with Gasteiger partial charge in [0.1, 0.15) is 6.26 Å². The first kappa shape index (κ1) is 15.5. The predicted octanol–water partition coefficient (Wildman–Crippen LogP) is 2.24. The molecule has 0 amide bonds. The zero-order chi connectivity index (χ0) is 15.9. The summed E-state index contributed by atoms with van der Waals surface area (Å²) < 4.78 is 9.66. The van der Waals surface area contributed by atoms with Crippen molar-refractivity contribution in [2.75, 3.05) is 26.2 Å². The van der Waals surface area contributed by atoms with Crippen LogP contribution in [0.2, 0.25) is 0 Å². The van der Waals surface area contributed by atoms with Gasteiger partial charge in [-0.15, -0.1) is 0 Å². The van der Waals surface area contributed by atoms with E-state index in [0.29, 0.717) is 5.95 Å². The lowest BCUT2D eigenvalue weighted by molar-refractivity contribution is -0.136. The zero-order valence-corrected chi connectivity index (χ0v) is 12.7. The van der Waals surface area contributed by atoms with Gasteiger partial charge in [-0.1, -0.05) is 30.3 Å². The van der Waals surface area contributed by atoms with E-state index in [2.05, 4.69) is 9.97 Å². The number of carbonyl (C=O) groups is 1. The van der Waals surface area contributed by atoms with Crippen molar-refractivity contribution in [1.82, 2.24) is 9.97 Å². The minimum Gasteiger partial charge on any atom is -0.502 e. The van der Waals surface area contributed by atoms with Gasteiger partial charge < -0.3 is 14.4 Å². The predicted molar refractivity (Wildman–Crippen MR) is 83.0 cm³/mol. The van der Waals surface area contributed by atoms with Crippen molar-refractivity contribution < 1.29 is 14.3 Å². The standard InChI is InChI=1S/C16H17N3O3/c1-19(14(11-21-2)15(20)22-3)16-17-10-9-13(18-16)12-7-5-4-6-8-12/h4-11H,1-3H3. The van der Waals surface area contributed by atoms with E-state index in [4.69, 9.17) is 9.47 Å². The van der Waals surface area contributed by atoms with Gasteiger partial charge in [0.25, 0.3) is 0 Å². The number of ether oxygens (including phenoxy) is 2. The van der Waals surface area contributed by atoms with Crippen molar-refractivity contribution in [1.29, 1.82) is 0 Å². The summed E-state index contributed by atoms with van der Waals surface area (Å²) >= 11 is 0. The molecule has 0 saturated carbocycles. The SMILES string of the molecule is COC=C(C(=O)OC)N(C)c1nccc(-c2ccccc2)n1. The van der Waals surface area contributed by atoms with E-state index in [1.807, 2.05) is 36.4 Å². The number of likely N-dealkylation sites (N-methyl/N-ethyl adjacent to an activating group) is 1. The van der Waals surface area contributed by atoms with E-state index >= 15 is 0 Å². The molecule has 0 saturated heterocycles. The Balaban J connectivity index is 2.36. The zero-order valence-electron chi connectivity index (χ0n) is 12.7. The van der Waals surface area contributed by atoms with Gasteiger partial charge in [0, 0.05) is 18.8 Å². The van der Waals surface area contributed by atoms with Crippen molar-refractivity contribution in [3.63, 3.8) is 0 Å². The summed E-state index contributed by atoms with van der Waals surface area (Å²) in [6, 6.07) is 11.5. The van der Waals surface area contributed by atoms with Crippen LogP contribution in [-0.2, 0) is 14.3 Å². The quantitative estimate of drug-likeness (QED) is 0.479. The average molecular weight is 299 g/mol. The fourth-order valence-electron chi connectivity index (χ4n) is 1.87. The Bertz CT molecular complexity index is 671. The van der Waals surface area contributed by atoms with Crippen LogP contribution in [0.5, 0.6) is 0 Å². The molecule has 0 aliphatic heterocycles. The third kappa shape index (κ3) is 3.41. The number of benzene rings is 1. The molecule has 0 aliphatic carbocycles. The molecular weight excluding hydrogens is 282 g/mol. The minimum atomic E-state index is -0.530. The number of carbonyl (C=O) groups excluding carboxylic acids is 1. The lowest BCUT2D eigenvalue weighted by Gasteiger charge is -2.18. The van der Waals surface area contributed by atoms with Gasteiger partial charge in [-0.05, 0) is 6.07 Å². The van der Waals surface area contributed by atoms with E-state index in [0.717, 1.165) is 11.3 Å². The first-order valence-electron chi connectivity index (χ1n) is 6.61. The van der Waals surface area contributed by atoms with Crippen LogP contribution in [0.15, 0.2) is 54.6 Å². The smallest absolute Gasteiger partial charge is 0.357 e. The van der Waals surface area contributed by atoms with Crippen LogP contribution in [0.1, 0.15) is 0 Å². The summed E-state index contributed by atoms with van der Waals surface area (Å²) in [6.07, 6.45) is 2.94. The molecule has 0 N–H and O–H groups in total. The fourth-order valence-corrected chi connectivity index (χ4v) is 1.87. The highest BCUT2D eigenvalue weighted by Gasteiger charge is 2.19. The van der Waals surface area contributed by atoms with Crippen LogP contribution in [0.4, 0.5) is 5.95 Å². The number of hydrogen-bond acceptors (Lipinski definition) is 6. The Hall–Kier alpha value is -2.89. The minimum absolute atomic E-state index is 0.204. The van der Waals surface area contributed by atoms with Crippen LogP contribution >= 0.6 is 0 Å². The number of aromatic nitrogens is 2. The van der Waals surface area contributed by atoms with Crippen molar-refractivity contribution in [3.05, 3.63) is 54.6 Å². The summed E-state index contributed by atoms with van der Waals surface area (Å²) in [4.78, 5) is 22.0. The molecular formula is C16H17N3O3. The second kappa shape index (κ2) is 7.21. The van der Waals surface area contributed by atoms with E-state index in [9.17, 15) is 4.79 Å². The third-order valence-electron chi connectivity index (χ3n) is 3.00. The van der Waals surface area contributed by atoms with Crippen molar-refractivity contribution in [2.24, 2.45) is 0 Å². The summed E-state index contributed by atoms with van der Waals surface area (Å²) in [5.74, 6) is -0.159. The summed E-state index contributed by atoms with van der Waals surface area (Å²) in [7, 11) is 4.44. The molecule has 6 nitrogen and oxygen atoms in total. The van der Waals surface area contributed by atoms with Gasteiger partial charge in [-0.3, -0.25) is 0 Å². The van der Waals surface area contributed by atoms with Gasteiger partial charge in [0.15, 0.2) is 5.70 Å². The van der Waals surface area contributed by atoms with Crippen LogP contribution < -0.4 is 4.90 Å². The summed E-state index contributed by atoms with van der Waals surface area (Å²) in [5, 5.41) is 0. The van der Waals surface area contributed by atoms with Gasteiger partial charge in [0.05, 0.1) is 19.9 Å².